The zero-order chi connectivity index (χ0) is 21.4. The van der Waals surface area contributed by atoms with Gasteiger partial charge in [0.1, 0.15) is 24.9 Å². The second-order valence-corrected chi connectivity index (χ2v) is 6.31. The van der Waals surface area contributed by atoms with E-state index in [1.54, 1.807) is 11.9 Å². The van der Waals surface area contributed by atoms with Crippen LogP contribution in [0, 0.1) is 0 Å². The first-order valence-electron chi connectivity index (χ1n) is 8.40. The van der Waals surface area contributed by atoms with Crippen molar-refractivity contribution in [1.82, 2.24) is 5.48 Å². The minimum atomic E-state index is -4.43. The molecular weight excluding hydrogens is 403 g/mol. The molecule has 0 saturated carbocycles. The quantitative estimate of drug-likeness (QED) is 0.376. The van der Waals surface area contributed by atoms with Gasteiger partial charge in [-0.05, 0) is 23.8 Å². The van der Waals surface area contributed by atoms with E-state index in [2.05, 4.69) is 22.1 Å². The largest absolute Gasteiger partial charge is 0.416 e. The molecule has 0 fully saturated rings. The Bertz CT molecular complexity index is 901. The number of benzene rings is 2. The predicted molar refractivity (Wildman–Crippen MR) is 111 cm³/mol. The van der Waals surface area contributed by atoms with E-state index in [0.717, 1.165) is 23.4 Å². The molecule has 0 bridgehead atoms. The smallest absolute Gasteiger partial charge is 0.399 e. The van der Waals surface area contributed by atoms with E-state index >= 15 is 0 Å². The molecule has 0 spiro atoms. The van der Waals surface area contributed by atoms with Crippen molar-refractivity contribution in [3.05, 3.63) is 71.8 Å². The number of hydrogen-bond acceptors (Lipinski definition) is 5. The normalized spacial score (nSPS) is 11.3. The first kappa shape index (κ1) is 22.4. The molecule has 1 N–H and O–H groups in total. The molecule has 0 unspecified atom stereocenters. The van der Waals surface area contributed by atoms with E-state index < -0.39 is 11.7 Å². The molecule has 0 aliphatic carbocycles. The molecule has 0 heterocycles. The van der Waals surface area contributed by atoms with Gasteiger partial charge in [0.2, 0.25) is 0 Å². The minimum absolute atomic E-state index is 0.128. The first-order chi connectivity index (χ1) is 13.7. The number of nitrogens with one attached hydrogen (secondary N) is 1. The van der Waals surface area contributed by atoms with E-state index in [4.69, 9.17) is 17.1 Å². The summed E-state index contributed by atoms with van der Waals surface area (Å²) >= 11 is 5.28. The van der Waals surface area contributed by atoms with E-state index in [9.17, 15) is 13.2 Å². The number of alkyl halides is 3. The van der Waals surface area contributed by atoms with Gasteiger partial charge in [0.25, 0.3) is 0 Å². The molecule has 0 radical (unpaired) electrons. The van der Waals surface area contributed by atoms with Crippen molar-refractivity contribution < 1.29 is 22.8 Å². The lowest BCUT2D eigenvalue weighted by Gasteiger charge is -2.21. The monoisotopic (exact) mass is 423 g/mol. The number of hydroxylamine groups is 1. The van der Waals surface area contributed by atoms with Crippen LogP contribution in [0.2, 0.25) is 0 Å². The zero-order valence-electron chi connectivity index (χ0n) is 15.9. The van der Waals surface area contributed by atoms with Crippen LogP contribution in [0.4, 0.5) is 18.9 Å². The number of hydrogen-bond donors (Lipinski definition) is 1. The first-order valence-corrected chi connectivity index (χ1v) is 8.81. The van der Waals surface area contributed by atoms with Crippen LogP contribution in [-0.4, -0.2) is 25.4 Å². The molecule has 0 amide bonds. The minimum Gasteiger partial charge on any atom is -0.399 e. The van der Waals surface area contributed by atoms with E-state index in [1.165, 1.54) is 25.5 Å². The highest BCUT2D eigenvalue weighted by molar-refractivity contribution is 7.82. The molecule has 9 heteroatoms. The topological polar surface area (TPSA) is 46.1 Å². The summed E-state index contributed by atoms with van der Waals surface area (Å²) < 4.78 is 38.6. The van der Waals surface area contributed by atoms with Crippen LogP contribution in [-0.2, 0) is 22.5 Å². The van der Waals surface area contributed by atoms with Gasteiger partial charge >= 0.3 is 6.18 Å². The summed E-state index contributed by atoms with van der Waals surface area (Å²) in [4.78, 5) is 12.3. The fourth-order valence-electron chi connectivity index (χ4n) is 2.41. The van der Waals surface area contributed by atoms with Crippen molar-refractivity contribution in [1.29, 1.82) is 0 Å². The van der Waals surface area contributed by atoms with Crippen LogP contribution in [0.25, 0.3) is 5.70 Å². The average molecular weight is 423 g/mol. The third-order valence-corrected chi connectivity index (χ3v) is 4.29. The van der Waals surface area contributed by atoms with Crippen molar-refractivity contribution in [2.45, 2.75) is 12.8 Å². The van der Waals surface area contributed by atoms with Gasteiger partial charge in [-0.15, -0.1) is 0 Å². The van der Waals surface area contributed by atoms with Crippen molar-refractivity contribution in [2.75, 3.05) is 19.1 Å². The lowest BCUT2D eigenvalue weighted by atomic mass is 10.1. The lowest BCUT2D eigenvalue weighted by molar-refractivity contribution is -0.137. The van der Waals surface area contributed by atoms with Crippen LogP contribution >= 0.6 is 12.2 Å². The van der Waals surface area contributed by atoms with Crippen molar-refractivity contribution in [2.24, 2.45) is 5.16 Å². The predicted octanol–water partition coefficient (Wildman–Crippen LogP) is 4.79. The van der Waals surface area contributed by atoms with Gasteiger partial charge in [-0.25, -0.2) is 0 Å². The SMILES string of the molecule is C=C(NOCc1ccccc1N(C)C(=S)C=NOC)c1cccc(C(F)(F)F)c1. The Morgan fingerprint density at radius 2 is 1.97 bits per heavy atom. The maximum atomic E-state index is 12.9. The number of anilines is 1. The van der Waals surface area contributed by atoms with Gasteiger partial charge in [-0.1, -0.05) is 54.3 Å². The Balaban J connectivity index is 2.03. The fraction of sp³-hybridized carbons (Fsp3) is 0.200. The van der Waals surface area contributed by atoms with Crippen LogP contribution in [0.5, 0.6) is 0 Å². The number of nitrogens with zero attached hydrogens (tertiary/aromatic N) is 2. The summed E-state index contributed by atoms with van der Waals surface area (Å²) in [6, 6.07) is 12.2. The Morgan fingerprint density at radius 3 is 2.66 bits per heavy atom. The number of thiocarbonyl (C=S) groups is 1. The van der Waals surface area contributed by atoms with Gasteiger partial charge in [-0.2, -0.15) is 13.2 Å². The van der Waals surface area contributed by atoms with Gasteiger partial charge < -0.3 is 9.74 Å². The van der Waals surface area contributed by atoms with Gasteiger partial charge in [-0.3, -0.25) is 10.3 Å². The molecule has 0 saturated heterocycles. The van der Waals surface area contributed by atoms with E-state index in [0.29, 0.717) is 4.99 Å². The summed E-state index contributed by atoms with van der Waals surface area (Å²) in [5.41, 5.74) is 3.92. The molecule has 154 valence electrons. The summed E-state index contributed by atoms with van der Waals surface area (Å²) in [5, 5.41) is 3.65. The third-order valence-electron chi connectivity index (χ3n) is 3.91. The number of rotatable bonds is 8. The molecule has 0 aliphatic heterocycles. The highest BCUT2D eigenvalue weighted by atomic mass is 32.1. The maximum absolute atomic E-state index is 12.9. The van der Waals surface area contributed by atoms with Crippen molar-refractivity contribution in [3.8, 4) is 0 Å². The average Bonchev–Trinajstić information content (AvgIpc) is 2.71. The molecule has 2 rings (SSSR count). The Kier molecular flexibility index (Phi) is 7.74. The number of oxime groups is 1. The van der Waals surface area contributed by atoms with E-state index in [-0.39, 0.29) is 17.9 Å². The van der Waals surface area contributed by atoms with Crippen LogP contribution in [0.15, 0.2) is 60.3 Å². The molecule has 0 aliphatic rings. The highest BCUT2D eigenvalue weighted by Gasteiger charge is 2.30. The lowest BCUT2D eigenvalue weighted by Crippen LogP contribution is -2.27. The highest BCUT2D eigenvalue weighted by Crippen LogP contribution is 2.30. The van der Waals surface area contributed by atoms with Crippen molar-refractivity contribution in [3.63, 3.8) is 0 Å². The number of halogens is 3. The molecule has 29 heavy (non-hydrogen) atoms. The van der Waals surface area contributed by atoms with Crippen LogP contribution in [0.1, 0.15) is 16.7 Å². The molecule has 2 aromatic rings. The second kappa shape index (κ2) is 10.0. The summed E-state index contributed by atoms with van der Waals surface area (Å²) in [6.07, 6.45) is -3.02. The number of para-hydroxylation sites is 1. The van der Waals surface area contributed by atoms with Crippen LogP contribution < -0.4 is 10.4 Å². The molecule has 0 atom stereocenters. The summed E-state index contributed by atoms with van der Waals surface area (Å²) in [5.74, 6) is 0. The van der Waals surface area contributed by atoms with E-state index in [1.807, 2.05) is 24.3 Å². The van der Waals surface area contributed by atoms with Gasteiger partial charge in [0.15, 0.2) is 0 Å². The van der Waals surface area contributed by atoms with Crippen molar-refractivity contribution >= 4 is 34.8 Å². The maximum Gasteiger partial charge on any atom is 0.416 e. The molecule has 5 nitrogen and oxygen atoms in total. The van der Waals surface area contributed by atoms with Gasteiger partial charge in [0.05, 0.1) is 11.3 Å². The zero-order valence-corrected chi connectivity index (χ0v) is 16.7. The Hall–Kier alpha value is -2.91. The molecule has 0 aromatic heterocycles. The Morgan fingerprint density at radius 1 is 1.24 bits per heavy atom. The standard InChI is InChI=1S/C20H20F3N3O2S/c1-14(15-8-6-9-17(11-15)20(21,22)23)25-28-13-16-7-4-5-10-18(16)26(2)19(29)12-24-27-3/h4-12,25H,1,13H2,2-3H3. The molecule has 2 aromatic carbocycles. The summed E-state index contributed by atoms with van der Waals surface area (Å²) in [7, 11) is 3.20. The van der Waals surface area contributed by atoms with Gasteiger partial charge in [0, 0.05) is 18.3 Å². The second-order valence-electron chi connectivity index (χ2n) is 5.89. The fourth-order valence-corrected chi connectivity index (χ4v) is 2.55. The Labute approximate surface area is 172 Å². The van der Waals surface area contributed by atoms with Crippen LogP contribution in [0.3, 0.4) is 0 Å². The summed E-state index contributed by atoms with van der Waals surface area (Å²) in [6.45, 7) is 3.86. The molecular formula is C20H20F3N3O2S. The third kappa shape index (κ3) is 6.30.